The molecule has 1 N–H and O–H groups in total. The van der Waals surface area contributed by atoms with E-state index in [1.165, 1.54) is 5.56 Å². The molecule has 0 aliphatic carbocycles. The highest BCUT2D eigenvalue weighted by atomic mass is 16.5. The summed E-state index contributed by atoms with van der Waals surface area (Å²) in [6.07, 6.45) is 2.63. The molecule has 0 atom stereocenters. The lowest BCUT2D eigenvalue weighted by molar-refractivity contribution is 0.276. The number of aliphatic hydroxyl groups is 1. The highest BCUT2D eigenvalue weighted by Crippen LogP contribution is 2.12. The van der Waals surface area contributed by atoms with E-state index in [1.54, 1.807) is 18.0 Å². The van der Waals surface area contributed by atoms with Crippen molar-refractivity contribution in [3.63, 3.8) is 0 Å². The first-order valence-electron chi connectivity index (χ1n) is 5.44. The fraction of sp³-hybridized carbons (Fsp3) is 0.333. The van der Waals surface area contributed by atoms with Crippen molar-refractivity contribution in [3.8, 4) is 5.75 Å². The maximum atomic E-state index is 8.86. The van der Waals surface area contributed by atoms with Gasteiger partial charge in [0.05, 0.1) is 19.9 Å². The van der Waals surface area contributed by atoms with Crippen LogP contribution in [0.15, 0.2) is 30.5 Å². The van der Waals surface area contributed by atoms with Gasteiger partial charge in [0.2, 0.25) is 0 Å². The lowest BCUT2D eigenvalue weighted by Gasteiger charge is -2.03. The van der Waals surface area contributed by atoms with Crippen molar-refractivity contribution in [1.82, 2.24) is 15.0 Å². The molecule has 5 nitrogen and oxygen atoms in total. The minimum atomic E-state index is -0.0669. The zero-order valence-electron chi connectivity index (χ0n) is 9.71. The second-order valence-corrected chi connectivity index (χ2v) is 3.73. The molecule has 0 saturated heterocycles. The van der Waals surface area contributed by atoms with E-state index in [0.29, 0.717) is 5.69 Å². The summed E-state index contributed by atoms with van der Waals surface area (Å²) >= 11 is 0. The zero-order chi connectivity index (χ0) is 12.1. The molecule has 0 bridgehead atoms. The molecule has 1 aromatic heterocycles. The molecule has 2 aromatic rings. The number of rotatable bonds is 5. The third-order valence-corrected chi connectivity index (χ3v) is 2.54. The highest BCUT2D eigenvalue weighted by molar-refractivity contribution is 5.27. The molecule has 0 saturated carbocycles. The van der Waals surface area contributed by atoms with Gasteiger partial charge in [-0.15, -0.1) is 5.10 Å². The van der Waals surface area contributed by atoms with Crippen molar-refractivity contribution < 1.29 is 9.84 Å². The molecular formula is C12H15N3O2. The van der Waals surface area contributed by atoms with Crippen molar-refractivity contribution >= 4 is 0 Å². The van der Waals surface area contributed by atoms with Gasteiger partial charge in [0.25, 0.3) is 0 Å². The third kappa shape index (κ3) is 3.04. The Morgan fingerprint density at radius 1 is 1.29 bits per heavy atom. The summed E-state index contributed by atoms with van der Waals surface area (Å²) in [5, 5.41) is 16.6. The molecule has 0 aliphatic heterocycles. The van der Waals surface area contributed by atoms with Crippen LogP contribution < -0.4 is 4.74 Å². The zero-order valence-corrected chi connectivity index (χ0v) is 9.71. The largest absolute Gasteiger partial charge is 0.497 e. The fourth-order valence-electron chi connectivity index (χ4n) is 1.56. The van der Waals surface area contributed by atoms with Gasteiger partial charge >= 0.3 is 0 Å². The Morgan fingerprint density at radius 2 is 2.06 bits per heavy atom. The standard InChI is InChI=1S/C12H15N3O2/c1-17-12-4-2-10(3-5-12)6-7-15-8-11(9-16)13-14-15/h2-5,8,16H,6-7,9H2,1H3. The number of hydrogen-bond acceptors (Lipinski definition) is 4. The van der Waals surface area contributed by atoms with E-state index in [2.05, 4.69) is 10.3 Å². The first-order valence-corrected chi connectivity index (χ1v) is 5.44. The summed E-state index contributed by atoms with van der Waals surface area (Å²) in [4.78, 5) is 0. The molecule has 0 amide bonds. The number of aromatic nitrogens is 3. The van der Waals surface area contributed by atoms with Gasteiger partial charge < -0.3 is 9.84 Å². The van der Waals surface area contributed by atoms with Crippen molar-refractivity contribution in [1.29, 1.82) is 0 Å². The summed E-state index contributed by atoms with van der Waals surface area (Å²) < 4.78 is 6.83. The number of ether oxygens (including phenoxy) is 1. The molecule has 0 fully saturated rings. The molecule has 1 aromatic carbocycles. The second-order valence-electron chi connectivity index (χ2n) is 3.73. The van der Waals surface area contributed by atoms with Crippen LogP contribution in [0.2, 0.25) is 0 Å². The molecule has 17 heavy (non-hydrogen) atoms. The minimum Gasteiger partial charge on any atom is -0.497 e. The molecule has 0 aliphatic rings. The van der Waals surface area contributed by atoms with Crippen molar-refractivity contribution in [2.24, 2.45) is 0 Å². The van der Waals surface area contributed by atoms with Gasteiger partial charge in [0, 0.05) is 6.54 Å². The lowest BCUT2D eigenvalue weighted by Crippen LogP contribution is -2.02. The van der Waals surface area contributed by atoms with E-state index in [9.17, 15) is 0 Å². The van der Waals surface area contributed by atoms with Gasteiger partial charge in [-0.3, -0.25) is 4.68 Å². The number of benzene rings is 1. The molecule has 0 unspecified atom stereocenters. The maximum absolute atomic E-state index is 8.86. The highest BCUT2D eigenvalue weighted by Gasteiger charge is 2.00. The van der Waals surface area contributed by atoms with E-state index < -0.39 is 0 Å². The topological polar surface area (TPSA) is 60.2 Å². The van der Waals surface area contributed by atoms with E-state index in [1.807, 2.05) is 24.3 Å². The molecule has 0 radical (unpaired) electrons. The SMILES string of the molecule is COc1ccc(CCn2cc(CO)nn2)cc1. The van der Waals surface area contributed by atoms with Gasteiger partial charge in [0.1, 0.15) is 11.4 Å². The molecule has 5 heteroatoms. The quantitative estimate of drug-likeness (QED) is 0.837. The fourth-order valence-corrected chi connectivity index (χ4v) is 1.56. The van der Waals surface area contributed by atoms with Gasteiger partial charge in [0.15, 0.2) is 0 Å². The maximum Gasteiger partial charge on any atom is 0.118 e. The van der Waals surface area contributed by atoms with Crippen LogP contribution in [0, 0.1) is 0 Å². The first-order chi connectivity index (χ1) is 8.31. The number of hydrogen-bond donors (Lipinski definition) is 1. The Balaban J connectivity index is 1.92. The van der Waals surface area contributed by atoms with Crippen LogP contribution in [-0.4, -0.2) is 27.2 Å². The van der Waals surface area contributed by atoms with Gasteiger partial charge in [-0.05, 0) is 24.1 Å². The first kappa shape index (κ1) is 11.6. The van der Waals surface area contributed by atoms with E-state index in [4.69, 9.17) is 9.84 Å². The Kier molecular flexibility index (Phi) is 3.72. The van der Waals surface area contributed by atoms with Crippen LogP contribution in [0.5, 0.6) is 5.75 Å². The normalized spacial score (nSPS) is 10.5. The van der Waals surface area contributed by atoms with Crippen molar-refractivity contribution in [2.75, 3.05) is 7.11 Å². The summed E-state index contributed by atoms with van der Waals surface area (Å²) in [7, 11) is 1.65. The predicted octanol–water partition coefficient (Wildman–Crippen LogP) is 1.02. The van der Waals surface area contributed by atoms with Gasteiger partial charge in [-0.2, -0.15) is 0 Å². The van der Waals surface area contributed by atoms with E-state index >= 15 is 0 Å². The smallest absolute Gasteiger partial charge is 0.118 e. The molecular weight excluding hydrogens is 218 g/mol. The van der Waals surface area contributed by atoms with Crippen LogP contribution in [-0.2, 0) is 19.6 Å². The van der Waals surface area contributed by atoms with Crippen molar-refractivity contribution in [3.05, 3.63) is 41.7 Å². The number of methoxy groups -OCH3 is 1. The van der Waals surface area contributed by atoms with Gasteiger partial charge in [-0.1, -0.05) is 17.3 Å². The van der Waals surface area contributed by atoms with Crippen LogP contribution >= 0.6 is 0 Å². The monoisotopic (exact) mass is 233 g/mol. The summed E-state index contributed by atoms with van der Waals surface area (Å²) in [6, 6.07) is 7.94. The molecule has 90 valence electrons. The molecule has 1 heterocycles. The Hall–Kier alpha value is -1.88. The summed E-state index contributed by atoms with van der Waals surface area (Å²) in [5.41, 5.74) is 1.81. The Labute approximate surface area is 99.7 Å². The van der Waals surface area contributed by atoms with E-state index in [0.717, 1.165) is 18.7 Å². The Bertz CT molecular complexity index is 465. The average molecular weight is 233 g/mol. The van der Waals surface area contributed by atoms with Crippen LogP contribution in [0.1, 0.15) is 11.3 Å². The lowest BCUT2D eigenvalue weighted by atomic mass is 10.1. The minimum absolute atomic E-state index is 0.0669. The molecule has 0 spiro atoms. The van der Waals surface area contributed by atoms with Gasteiger partial charge in [-0.25, -0.2) is 0 Å². The molecule has 2 rings (SSSR count). The third-order valence-electron chi connectivity index (χ3n) is 2.54. The summed E-state index contributed by atoms with van der Waals surface area (Å²) in [5.74, 6) is 0.858. The average Bonchev–Trinajstić information content (AvgIpc) is 2.85. The van der Waals surface area contributed by atoms with Crippen LogP contribution in [0.3, 0.4) is 0 Å². The van der Waals surface area contributed by atoms with E-state index in [-0.39, 0.29) is 6.61 Å². The Morgan fingerprint density at radius 3 is 2.65 bits per heavy atom. The van der Waals surface area contributed by atoms with Crippen LogP contribution in [0.25, 0.3) is 0 Å². The van der Waals surface area contributed by atoms with Crippen LogP contribution in [0.4, 0.5) is 0 Å². The number of nitrogens with zero attached hydrogens (tertiary/aromatic N) is 3. The second kappa shape index (κ2) is 5.45. The number of aliphatic hydroxyl groups excluding tert-OH is 1. The summed E-state index contributed by atoms with van der Waals surface area (Å²) in [6.45, 7) is 0.682. The van der Waals surface area contributed by atoms with Crippen molar-refractivity contribution in [2.45, 2.75) is 19.6 Å². The predicted molar refractivity (Wildman–Crippen MR) is 62.6 cm³/mol. The number of aryl methyl sites for hydroxylation is 2.